The number of nitrogens with zero attached hydrogens (tertiary/aromatic N) is 3. The molecule has 1 aromatic carbocycles. The Hall–Kier alpha value is -2.06. The lowest BCUT2D eigenvalue weighted by Gasteiger charge is -2.21. The fourth-order valence-electron chi connectivity index (χ4n) is 2.65. The van der Waals surface area contributed by atoms with E-state index in [1.54, 1.807) is 18.9 Å². The maximum Gasteiger partial charge on any atom is 0.232 e. The van der Waals surface area contributed by atoms with E-state index in [1.807, 2.05) is 24.3 Å². The Bertz CT molecular complexity index is 694. The molecular formula is C17H23N5O2S. The fraction of sp³-hybridized carbons (Fsp3) is 0.471. The first-order valence-electron chi connectivity index (χ1n) is 8.34. The number of thioether (sulfide) groups is 1. The van der Waals surface area contributed by atoms with E-state index in [-0.39, 0.29) is 5.95 Å². The first kappa shape index (κ1) is 17.8. The van der Waals surface area contributed by atoms with E-state index in [0.717, 1.165) is 24.5 Å². The highest BCUT2D eigenvalue weighted by molar-refractivity contribution is 7.98. The number of rotatable bonds is 7. The van der Waals surface area contributed by atoms with Crippen LogP contribution in [0, 0.1) is 0 Å². The lowest BCUT2D eigenvalue weighted by atomic mass is 10.1. The van der Waals surface area contributed by atoms with Gasteiger partial charge in [-0.2, -0.15) is 26.7 Å². The van der Waals surface area contributed by atoms with Crippen LogP contribution in [0.15, 0.2) is 24.3 Å². The Morgan fingerprint density at radius 2 is 2.16 bits per heavy atom. The van der Waals surface area contributed by atoms with Gasteiger partial charge in [-0.3, -0.25) is 0 Å². The number of methoxy groups -OCH3 is 1. The number of para-hydroxylation sites is 2. The van der Waals surface area contributed by atoms with Crippen molar-refractivity contribution in [1.29, 1.82) is 0 Å². The SMILES string of the molecule is COc1ccccc1Nc1nc(N)nc(CSCC2CCCCO2)n1. The number of anilines is 3. The summed E-state index contributed by atoms with van der Waals surface area (Å²) in [6, 6.07) is 7.58. The van der Waals surface area contributed by atoms with Crippen LogP contribution >= 0.6 is 11.8 Å². The van der Waals surface area contributed by atoms with Crippen molar-refractivity contribution in [3.63, 3.8) is 0 Å². The molecular weight excluding hydrogens is 338 g/mol. The van der Waals surface area contributed by atoms with Crippen LogP contribution in [0.5, 0.6) is 5.75 Å². The molecule has 2 aromatic rings. The van der Waals surface area contributed by atoms with Crippen molar-refractivity contribution in [2.24, 2.45) is 0 Å². The molecule has 0 spiro atoms. The number of ether oxygens (including phenoxy) is 2. The predicted octanol–water partition coefficient (Wildman–Crippen LogP) is 3.01. The van der Waals surface area contributed by atoms with Gasteiger partial charge in [-0.15, -0.1) is 0 Å². The molecule has 0 radical (unpaired) electrons. The van der Waals surface area contributed by atoms with Gasteiger partial charge in [0.25, 0.3) is 0 Å². The molecule has 2 heterocycles. The fourth-order valence-corrected chi connectivity index (χ4v) is 3.60. The Kier molecular flexibility index (Phi) is 6.30. The van der Waals surface area contributed by atoms with Gasteiger partial charge in [0.05, 0.1) is 24.7 Å². The number of aromatic nitrogens is 3. The number of hydrogen-bond acceptors (Lipinski definition) is 8. The molecule has 0 bridgehead atoms. The van der Waals surface area contributed by atoms with Gasteiger partial charge in [0.15, 0.2) is 0 Å². The molecule has 134 valence electrons. The van der Waals surface area contributed by atoms with Crippen molar-refractivity contribution in [1.82, 2.24) is 15.0 Å². The van der Waals surface area contributed by atoms with E-state index < -0.39 is 0 Å². The van der Waals surface area contributed by atoms with Crippen LogP contribution in [0.1, 0.15) is 25.1 Å². The summed E-state index contributed by atoms with van der Waals surface area (Å²) in [5, 5.41) is 3.14. The van der Waals surface area contributed by atoms with Gasteiger partial charge < -0.3 is 20.5 Å². The minimum Gasteiger partial charge on any atom is -0.495 e. The lowest BCUT2D eigenvalue weighted by Crippen LogP contribution is -2.21. The molecule has 1 fully saturated rings. The molecule has 0 aliphatic carbocycles. The number of nitrogens with two attached hydrogens (primary N) is 1. The molecule has 1 atom stereocenters. The van der Waals surface area contributed by atoms with Crippen LogP contribution in [-0.4, -0.2) is 40.5 Å². The van der Waals surface area contributed by atoms with E-state index in [4.69, 9.17) is 15.2 Å². The van der Waals surface area contributed by atoms with Gasteiger partial charge >= 0.3 is 0 Å². The van der Waals surface area contributed by atoms with E-state index in [2.05, 4.69) is 20.3 Å². The topological polar surface area (TPSA) is 95.2 Å². The summed E-state index contributed by atoms with van der Waals surface area (Å²) < 4.78 is 11.1. The first-order valence-corrected chi connectivity index (χ1v) is 9.50. The number of hydrogen-bond donors (Lipinski definition) is 2. The second-order valence-electron chi connectivity index (χ2n) is 5.76. The molecule has 3 N–H and O–H groups in total. The molecule has 8 heteroatoms. The van der Waals surface area contributed by atoms with Gasteiger partial charge in [-0.25, -0.2) is 0 Å². The van der Waals surface area contributed by atoms with Gasteiger partial charge in [0.1, 0.15) is 11.6 Å². The van der Waals surface area contributed by atoms with E-state index in [0.29, 0.717) is 29.4 Å². The smallest absolute Gasteiger partial charge is 0.232 e. The first-order chi connectivity index (χ1) is 12.2. The Morgan fingerprint density at radius 1 is 1.28 bits per heavy atom. The van der Waals surface area contributed by atoms with E-state index in [1.165, 1.54) is 12.8 Å². The summed E-state index contributed by atoms with van der Waals surface area (Å²) >= 11 is 1.76. The minimum absolute atomic E-state index is 0.205. The Morgan fingerprint density at radius 3 is 2.96 bits per heavy atom. The van der Waals surface area contributed by atoms with Crippen molar-refractivity contribution in [2.75, 3.05) is 30.5 Å². The third-order valence-electron chi connectivity index (χ3n) is 3.86. The van der Waals surface area contributed by atoms with Crippen LogP contribution in [0.4, 0.5) is 17.6 Å². The van der Waals surface area contributed by atoms with Gasteiger partial charge in [0, 0.05) is 12.4 Å². The van der Waals surface area contributed by atoms with Crippen molar-refractivity contribution in [2.45, 2.75) is 31.1 Å². The second kappa shape index (κ2) is 8.87. The van der Waals surface area contributed by atoms with Crippen molar-refractivity contribution in [3.05, 3.63) is 30.1 Å². The Labute approximate surface area is 151 Å². The number of nitrogens with one attached hydrogen (secondary N) is 1. The largest absolute Gasteiger partial charge is 0.495 e. The third kappa shape index (κ3) is 5.20. The lowest BCUT2D eigenvalue weighted by molar-refractivity contribution is 0.0315. The molecule has 0 saturated carbocycles. The highest BCUT2D eigenvalue weighted by Gasteiger charge is 2.14. The van der Waals surface area contributed by atoms with Crippen LogP contribution in [0.3, 0.4) is 0 Å². The van der Waals surface area contributed by atoms with E-state index in [9.17, 15) is 0 Å². The van der Waals surface area contributed by atoms with E-state index >= 15 is 0 Å². The molecule has 1 aliphatic heterocycles. The highest BCUT2D eigenvalue weighted by atomic mass is 32.2. The minimum atomic E-state index is 0.205. The summed E-state index contributed by atoms with van der Waals surface area (Å²) in [5.74, 6) is 3.62. The molecule has 1 saturated heterocycles. The maximum absolute atomic E-state index is 5.83. The molecule has 1 aromatic heterocycles. The molecule has 25 heavy (non-hydrogen) atoms. The zero-order valence-corrected chi connectivity index (χ0v) is 15.1. The summed E-state index contributed by atoms with van der Waals surface area (Å²) in [6.45, 7) is 0.872. The number of nitrogen functional groups attached to an aromatic ring is 1. The van der Waals surface area contributed by atoms with Crippen LogP contribution < -0.4 is 15.8 Å². The summed E-state index contributed by atoms with van der Waals surface area (Å²) in [4.78, 5) is 12.8. The van der Waals surface area contributed by atoms with Crippen molar-refractivity contribution >= 4 is 29.3 Å². The van der Waals surface area contributed by atoms with Crippen LogP contribution in [-0.2, 0) is 10.5 Å². The average Bonchev–Trinajstić information content (AvgIpc) is 2.63. The summed E-state index contributed by atoms with van der Waals surface area (Å²) in [7, 11) is 1.62. The average molecular weight is 361 g/mol. The predicted molar refractivity (Wildman–Crippen MR) is 100 cm³/mol. The molecule has 7 nitrogen and oxygen atoms in total. The second-order valence-corrected chi connectivity index (χ2v) is 6.79. The molecule has 0 amide bonds. The van der Waals surface area contributed by atoms with Crippen molar-refractivity contribution in [3.8, 4) is 5.75 Å². The standard InChI is InChI=1S/C17H23N5O2S/c1-23-14-8-3-2-7-13(14)19-17-21-15(20-16(18)22-17)11-25-10-12-6-4-5-9-24-12/h2-3,7-8,12H,4-6,9-11H2,1H3,(H3,18,19,20,21,22). The molecule has 3 rings (SSSR count). The zero-order valence-electron chi connectivity index (χ0n) is 14.3. The Balaban J connectivity index is 1.61. The van der Waals surface area contributed by atoms with Gasteiger partial charge in [-0.05, 0) is 31.4 Å². The quantitative estimate of drug-likeness (QED) is 0.777. The highest BCUT2D eigenvalue weighted by Crippen LogP contribution is 2.26. The summed E-state index contributed by atoms with van der Waals surface area (Å²) in [6.07, 6.45) is 3.89. The maximum atomic E-state index is 5.83. The van der Waals surface area contributed by atoms with Crippen molar-refractivity contribution < 1.29 is 9.47 Å². The molecule has 1 aliphatic rings. The van der Waals surface area contributed by atoms with Crippen LogP contribution in [0.2, 0.25) is 0 Å². The summed E-state index contributed by atoms with van der Waals surface area (Å²) in [5.41, 5.74) is 6.61. The third-order valence-corrected chi connectivity index (χ3v) is 4.93. The van der Waals surface area contributed by atoms with Gasteiger partial charge in [0.2, 0.25) is 11.9 Å². The van der Waals surface area contributed by atoms with Crippen LogP contribution in [0.25, 0.3) is 0 Å². The number of benzene rings is 1. The normalized spacial score (nSPS) is 17.2. The van der Waals surface area contributed by atoms with Gasteiger partial charge in [-0.1, -0.05) is 12.1 Å². The monoisotopic (exact) mass is 361 g/mol. The zero-order chi connectivity index (χ0) is 17.5. The molecule has 1 unspecified atom stereocenters.